The molecule has 8 heavy (non-hydrogen) atoms. The van der Waals surface area contributed by atoms with E-state index in [1.165, 1.54) is 0 Å². The van der Waals surface area contributed by atoms with Crippen molar-refractivity contribution in [1.29, 1.82) is 0 Å². The molecule has 0 aromatic carbocycles. The molecule has 0 fully saturated rings. The molecule has 40 valence electrons. The first-order chi connectivity index (χ1) is 2.00. The zero-order valence-corrected chi connectivity index (χ0v) is 10.6. The van der Waals surface area contributed by atoms with E-state index in [1.54, 1.807) is 0 Å². The summed E-state index contributed by atoms with van der Waals surface area (Å²) >= 11 is 0. The van der Waals surface area contributed by atoms with E-state index in [4.69, 9.17) is 19.2 Å². The van der Waals surface area contributed by atoms with E-state index in [0.29, 0.717) is 0 Å². The molecule has 0 aliphatic carbocycles. The van der Waals surface area contributed by atoms with Gasteiger partial charge in [0.05, 0.1) is 0 Å². The third-order valence-electron chi connectivity index (χ3n) is 0. The first-order valence-corrected chi connectivity index (χ1v) is 2.30. The molecule has 0 aliphatic heterocycles. The molecule has 3 N–H and O–H groups in total. The minimum atomic E-state index is -4.89. The molecule has 8 heteroatoms. The van der Waals surface area contributed by atoms with Gasteiger partial charge in [-0.05, 0) is 0 Å². The fourth-order valence-electron chi connectivity index (χ4n) is 0. The molecular weight excluding hydrogens is 173 g/mol. The van der Waals surface area contributed by atoms with Crippen molar-refractivity contribution < 1.29 is 106 Å². The van der Waals surface area contributed by atoms with Crippen LogP contribution < -0.4 is 85.8 Å². The number of hydrogen-bond acceptors (Lipinski definition) is 3. The Morgan fingerprint density at radius 2 is 1.38 bits per heavy atom. The molecule has 0 atom stereocenters. The average Bonchev–Trinajstić information content (AvgIpc) is 0.722. The van der Waals surface area contributed by atoms with E-state index in [2.05, 4.69) is 0 Å². The van der Waals surface area contributed by atoms with Crippen LogP contribution in [0.25, 0.3) is 0 Å². The van der Waals surface area contributed by atoms with Crippen molar-refractivity contribution in [2.75, 3.05) is 0 Å². The molecule has 0 unspecified atom stereocenters. The van der Waals surface area contributed by atoms with E-state index >= 15 is 0 Å². The quantitative estimate of drug-likeness (QED) is 0.281. The number of hydrogen-bond donors (Lipinski definition) is 2. The Morgan fingerprint density at radius 1 is 1.38 bits per heavy atom. The van der Waals surface area contributed by atoms with Gasteiger partial charge in [-0.2, -0.15) is 0 Å². The molecule has 0 heterocycles. The Balaban J connectivity index is -0.0000000267. The summed E-state index contributed by atoms with van der Waals surface area (Å²) in [6, 6.07) is 0. The van der Waals surface area contributed by atoms with Crippen LogP contribution in [0.5, 0.6) is 0 Å². The second-order valence-electron chi connectivity index (χ2n) is 0.491. The minimum absolute atomic E-state index is 0. The van der Waals surface area contributed by atoms with Gasteiger partial charge < -0.3 is 20.2 Å². The Kier molecular flexibility index (Phi) is 27.2. The van der Waals surface area contributed by atoms with Crippen molar-refractivity contribution in [2.45, 2.75) is 0 Å². The summed E-state index contributed by atoms with van der Waals surface area (Å²) in [5.41, 5.74) is 0. The summed E-state index contributed by atoms with van der Waals surface area (Å²) in [5, 5.41) is 0. The van der Waals surface area contributed by atoms with Gasteiger partial charge in [0.2, 0.25) is 0 Å². The zero-order valence-electron chi connectivity index (χ0n) is 4.61. The maximum absolute atomic E-state index is 8.77. The van der Waals surface area contributed by atoms with E-state index in [9.17, 15) is 0 Å². The van der Waals surface area contributed by atoms with Gasteiger partial charge in [0.1, 0.15) is 0 Å². The maximum atomic E-state index is 8.77. The Morgan fingerprint density at radius 3 is 1.38 bits per heavy atom. The number of rotatable bonds is 0. The monoisotopic (exact) mass is 176 g/mol. The molecule has 5 nitrogen and oxygen atoms in total. The second kappa shape index (κ2) is 9.71. The summed E-state index contributed by atoms with van der Waals surface area (Å²) in [6.07, 6.45) is 0. The van der Waals surface area contributed by atoms with Crippen molar-refractivity contribution >= 4 is 7.82 Å². The fraction of sp³-hybridized carbons (Fsp3) is 0. The van der Waals surface area contributed by atoms with Gasteiger partial charge in [0, 0.05) is 0 Å². The van der Waals surface area contributed by atoms with Crippen LogP contribution in [0, 0.1) is 0 Å². The molecule has 0 bridgehead atoms. The molecule has 0 spiro atoms. The summed E-state index contributed by atoms with van der Waals surface area (Å²) in [4.78, 5) is 22.9. The van der Waals surface area contributed by atoms with Gasteiger partial charge in [0.25, 0.3) is 7.82 Å². The predicted octanol–water partition coefficient (Wildman–Crippen LogP) is -7.73. The third kappa shape index (κ3) is 70.6. The van der Waals surface area contributed by atoms with Crippen LogP contribution in [0.3, 0.4) is 0 Å². The normalized spacial score (nSPS) is 7.38. The van der Waals surface area contributed by atoms with Gasteiger partial charge in [-0.3, -0.25) is 4.57 Å². The molecule has 0 saturated heterocycles. The van der Waals surface area contributed by atoms with Crippen LogP contribution in [-0.4, -0.2) is 15.3 Å². The van der Waals surface area contributed by atoms with Crippen molar-refractivity contribution in [3.8, 4) is 0 Å². The van der Waals surface area contributed by atoms with Crippen LogP contribution in [0.15, 0.2) is 0 Å². The molecule has 0 rings (SSSR count). The summed E-state index contributed by atoms with van der Waals surface area (Å²) < 4.78 is 8.77. The van der Waals surface area contributed by atoms with Crippen LogP contribution in [0.4, 0.5) is 0 Å². The standard InChI is InChI=1S/K.Na.H3O4P.H2O/c;;1-5(2,3)4;/h;;(H3,1,2,3,4);1H2/q2*+1;;/p-2. The summed E-state index contributed by atoms with van der Waals surface area (Å²) in [5.74, 6) is 0. The first kappa shape index (κ1) is 22.4. The second-order valence-corrected chi connectivity index (χ2v) is 1.47. The van der Waals surface area contributed by atoms with Gasteiger partial charge in [-0.25, -0.2) is 0 Å². The minimum Gasteiger partial charge on any atom is -0.870 e. The van der Waals surface area contributed by atoms with Gasteiger partial charge in [-0.15, -0.1) is 0 Å². The first-order valence-electron chi connectivity index (χ1n) is 0.765. The van der Waals surface area contributed by atoms with E-state index in [0.717, 1.165) is 0 Å². The molecule has 0 amide bonds. The number of phosphoric acid groups is 1. The zero-order chi connectivity index (χ0) is 4.50. The van der Waals surface area contributed by atoms with E-state index in [-0.39, 0.29) is 86.4 Å². The van der Waals surface area contributed by atoms with Crippen LogP contribution in [0.2, 0.25) is 0 Å². The van der Waals surface area contributed by atoms with Crippen molar-refractivity contribution in [3.63, 3.8) is 0 Å². The van der Waals surface area contributed by atoms with Gasteiger partial charge in [-0.1, -0.05) is 0 Å². The average molecular weight is 176 g/mol. The topological polar surface area (TPSA) is 111 Å². The van der Waals surface area contributed by atoms with Crippen LogP contribution >= 0.6 is 7.82 Å². The van der Waals surface area contributed by atoms with Crippen LogP contribution in [-0.2, 0) is 4.57 Å². The smallest absolute Gasteiger partial charge is 0.870 e. The largest absolute Gasteiger partial charge is 1.00 e. The van der Waals surface area contributed by atoms with E-state index in [1.807, 2.05) is 0 Å². The van der Waals surface area contributed by atoms with Crippen molar-refractivity contribution in [1.82, 2.24) is 0 Å². The van der Waals surface area contributed by atoms with Crippen molar-refractivity contribution in [3.05, 3.63) is 0 Å². The Labute approximate surface area is 111 Å². The van der Waals surface area contributed by atoms with Crippen LogP contribution in [0.1, 0.15) is 0 Å². The summed E-state index contributed by atoms with van der Waals surface area (Å²) in [6.45, 7) is 0. The molecular formula is H3KNaO5P. The third-order valence-corrected chi connectivity index (χ3v) is 0. The predicted molar refractivity (Wildman–Crippen MR) is 14.0 cm³/mol. The van der Waals surface area contributed by atoms with E-state index < -0.39 is 7.82 Å². The Bertz CT molecular complexity index is 58.6. The van der Waals surface area contributed by atoms with Crippen molar-refractivity contribution in [2.24, 2.45) is 0 Å². The molecule has 0 saturated carbocycles. The molecule has 0 aliphatic rings. The molecule has 0 aromatic heterocycles. The van der Waals surface area contributed by atoms with Gasteiger partial charge >= 0.3 is 80.9 Å². The molecule has 0 aromatic rings. The Hall–Kier alpha value is 2.71. The molecule has 0 radical (unpaired) electrons. The van der Waals surface area contributed by atoms with Gasteiger partial charge in [0.15, 0.2) is 0 Å². The fourth-order valence-corrected chi connectivity index (χ4v) is 0. The maximum Gasteiger partial charge on any atom is 1.00 e. The summed E-state index contributed by atoms with van der Waals surface area (Å²) in [7, 11) is -4.89. The SMILES string of the molecule is O=P([O-])(O)O.[K+].[Na+].[OH-].